The van der Waals surface area contributed by atoms with E-state index in [9.17, 15) is 0 Å². The lowest BCUT2D eigenvalue weighted by Gasteiger charge is -2.14. The Morgan fingerprint density at radius 1 is 1.47 bits per heavy atom. The first-order valence-electron chi connectivity index (χ1n) is 6.83. The zero-order valence-corrected chi connectivity index (χ0v) is 12.7. The van der Waals surface area contributed by atoms with Crippen LogP contribution < -0.4 is 5.32 Å². The first kappa shape index (κ1) is 14.2. The van der Waals surface area contributed by atoms with Gasteiger partial charge in [-0.05, 0) is 20.3 Å². The number of imidazole rings is 1. The molecule has 2 aromatic rings. The molecule has 0 aliphatic heterocycles. The Labute approximate surface area is 118 Å². The van der Waals surface area contributed by atoms with E-state index in [2.05, 4.69) is 39.1 Å². The Morgan fingerprint density at radius 2 is 2.32 bits per heavy atom. The summed E-state index contributed by atoms with van der Waals surface area (Å²) in [6.07, 6.45) is 5.92. The minimum Gasteiger partial charge on any atom is -0.334 e. The van der Waals surface area contributed by atoms with Gasteiger partial charge in [0.15, 0.2) is 0 Å². The van der Waals surface area contributed by atoms with E-state index in [1.165, 1.54) is 10.7 Å². The predicted molar refractivity (Wildman–Crippen MR) is 79.6 cm³/mol. The largest absolute Gasteiger partial charge is 0.334 e. The molecule has 0 aromatic carbocycles. The topological polar surface area (TPSA) is 42.7 Å². The lowest BCUT2D eigenvalue weighted by atomic mass is 10.3. The van der Waals surface area contributed by atoms with Gasteiger partial charge in [0, 0.05) is 43.3 Å². The molecule has 1 N–H and O–H groups in total. The second-order valence-electron chi connectivity index (χ2n) is 4.82. The lowest BCUT2D eigenvalue weighted by Crippen LogP contribution is -2.32. The molecule has 0 aliphatic carbocycles. The summed E-state index contributed by atoms with van der Waals surface area (Å²) in [7, 11) is 0. The van der Waals surface area contributed by atoms with Gasteiger partial charge in [-0.25, -0.2) is 9.97 Å². The van der Waals surface area contributed by atoms with Crippen LogP contribution in [0.4, 0.5) is 0 Å². The molecule has 0 fully saturated rings. The van der Waals surface area contributed by atoms with Gasteiger partial charge in [0.2, 0.25) is 0 Å². The molecule has 5 heteroatoms. The highest BCUT2D eigenvalue weighted by Gasteiger charge is 2.05. The average molecular weight is 278 g/mol. The zero-order chi connectivity index (χ0) is 13.7. The average Bonchev–Trinajstić information content (AvgIpc) is 2.99. The van der Waals surface area contributed by atoms with Crippen molar-refractivity contribution in [2.75, 3.05) is 6.54 Å². The molecule has 0 spiro atoms. The summed E-state index contributed by atoms with van der Waals surface area (Å²) in [5.41, 5.74) is 1.21. The Morgan fingerprint density at radius 3 is 2.95 bits per heavy atom. The molecular weight excluding hydrogens is 256 g/mol. The van der Waals surface area contributed by atoms with Crippen LogP contribution >= 0.6 is 11.3 Å². The van der Waals surface area contributed by atoms with Gasteiger partial charge in [0.05, 0.1) is 10.7 Å². The van der Waals surface area contributed by atoms with Gasteiger partial charge in [-0.1, -0.05) is 6.92 Å². The lowest BCUT2D eigenvalue weighted by molar-refractivity contribution is 0.474. The SMILES string of the molecule is CCc1csc(CCNC(C)Cn2ccnc2C)n1. The minimum atomic E-state index is 0.443. The van der Waals surface area contributed by atoms with Gasteiger partial charge in [-0.2, -0.15) is 0 Å². The van der Waals surface area contributed by atoms with Gasteiger partial charge >= 0.3 is 0 Å². The second kappa shape index (κ2) is 6.82. The molecule has 0 aliphatic rings. The van der Waals surface area contributed by atoms with E-state index in [1.807, 2.05) is 19.3 Å². The molecule has 0 saturated heterocycles. The fourth-order valence-corrected chi connectivity index (χ4v) is 2.89. The van der Waals surface area contributed by atoms with E-state index in [4.69, 9.17) is 0 Å². The number of aromatic nitrogens is 3. The van der Waals surface area contributed by atoms with Crippen LogP contribution in [0.2, 0.25) is 0 Å². The van der Waals surface area contributed by atoms with Crippen LogP contribution in [0.15, 0.2) is 17.8 Å². The molecule has 0 radical (unpaired) electrons. The number of hydrogen-bond acceptors (Lipinski definition) is 4. The Balaban J connectivity index is 1.72. The van der Waals surface area contributed by atoms with Crippen molar-refractivity contribution in [2.45, 2.75) is 46.2 Å². The molecule has 0 bridgehead atoms. The molecule has 1 atom stereocenters. The summed E-state index contributed by atoms with van der Waals surface area (Å²) >= 11 is 1.77. The summed E-state index contributed by atoms with van der Waals surface area (Å²) in [6.45, 7) is 8.33. The van der Waals surface area contributed by atoms with Crippen molar-refractivity contribution < 1.29 is 0 Å². The summed E-state index contributed by atoms with van der Waals surface area (Å²) in [6, 6.07) is 0.443. The maximum atomic E-state index is 4.58. The highest BCUT2D eigenvalue weighted by Crippen LogP contribution is 2.10. The van der Waals surface area contributed by atoms with E-state index in [-0.39, 0.29) is 0 Å². The smallest absolute Gasteiger partial charge is 0.105 e. The second-order valence-corrected chi connectivity index (χ2v) is 5.76. The van der Waals surface area contributed by atoms with Crippen molar-refractivity contribution in [3.63, 3.8) is 0 Å². The molecule has 2 aromatic heterocycles. The normalized spacial score (nSPS) is 12.8. The highest BCUT2D eigenvalue weighted by atomic mass is 32.1. The van der Waals surface area contributed by atoms with Crippen LogP contribution in [0.3, 0.4) is 0 Å². The molecular formula is C14H22N4S. The van der Waals surface area contributed by atoms with Crippen molar-refractivity contribution in [3.05, 3.63) is 34.3 Å². The Bertz CT molecular complexity index is 503. The summed E-state index contributed by atoms with van der Waals surface area (Å²) < 4.78 is 2.18. The van der Waals surface area contributed by atoms with Crippen LogP contribution in [-0.2, 0) is 19.4 Å². The third-order valence-electron chi connectivity index (χ3n) is 3.19. The summed E-state index contributed by atoms with van der Waals surface area (Å²) in [5.74, 6) is 1.07. The van der Waals surface area contributed by atoms with Gasteiger partial charge in [-0.15, -0.1) is 11.3 Å². The molecule has 0 amide bonds. The maximum absolute atomic E-state index is 4.58. The first-order valence-corrected chi connectivity index (χ1v) is 7.71. The van der Waals surface area contributed by atoms with E-state index >= 15 is 0 Å². The van der Waals surface area contributed by atoms with Crippen LogP contribution in [0, 0.1) is 6.92 Å². The van der Waals surface area contributed by atoms with Crippen molar-refractivity contribution in [1.29, 1.82) is 0 Å². The van der Waals surface area contributed by atoms with Gasteiger partial charge < -0.3 is 9.88 Å². The zero-order valence-electron chi connectivity index (χ0n) is 11.9. The van der Waals surface area contributed by atoms with Crippen molar-refractivity contribution in [1.82, 2.24) is 19.9 Å². The Hall–Kier alpha value is -1.20. The van der Waals surface area contributed by atoms with Gasteiger partial charge in [0.1, 0.15) is 5.82 Å². The monoisotopic (exact) mass is 278 g/mol. The van der Waals surface area contributed by atoms with E-state index in [0.717, 1.165) is 31.8 Å². The van der Waals surface area contributed by atoms with Crippen molar-refractivity contribution in [3.8, 4) is 0 Å². The van der Waals surface area contributed by atoms with Gasteiger partial charge in [0.25, 0.3) is 0 Å². The molecule has 1 unspecified atom stereocenters. The predicted octanol–water partition coefficient (Wildman–Crippen LogP) is 2.43. The number of thiazole rings is 1. The van der Waals surface area contributed by atoms with Crippen LogP contribution in [-0.4, -0.2) is 27.1 Å². The first-order chi connectivity index (χ1) is 9.19. The Kier molecular flexibility index (Phi) is 5.10. The quantitative estimate of drug-likeness (QED) is 0.846. The highest BCUT2D eigenvalue weighted by molar-refractivity contribution is 7.09. The van der Waals surface area contributed by atoms with E-state index in [1.54, 1.807) is 11.3 Å². The number of rotatable bonds is 7. The number of nitrogens with zero attached hydrogens (tertiary/aromatic N) is 3. The molecule has 0 saturated carbocycles. The molecule has 2 heterocycles. The number of hydrogen-bond donors (Lipinski definition) is 1. The fraction of sp³-hybridized carbons (Fsp3) is 0.571. The number of aryl methyl sites for hydroxylation is 2. The van der Waals surface area contributed by atoms with Crippen molar-refractivity contribution >= 4 is 11.3 Å². The van der Waals surface area contributed by atoms with E-state index in [0.29, 0.717) is 6.04 Å². The molecule has 2 rings (SSSR count). The minimum absolute atomic E-state index is 0.443. The fourth-order valence-electron chi connectivity index (χ4n) is 2.01. The molecule has 104 valence electrons. The third kappa shape index (κ3) is 4.14. The van der Waals surface area contributed by atoms with E-state index < -0.39 is 0 Å². The summed E-state index contributed by atoms with van der Waals surface area (Å²) in [5, 5.41) is 6.93. The standard InChI is InChI=1S/C14H22N4S/c1-4-13-10-19-14(17-13)5-6-15-11(2)9-18-8-7-16-12(18)3/h7-8,10-11,15H,4-6,9H2,1-3H3. The van der Waals surface area contributed by atoms with Gasteiger partial charge in [-0.3, -0.25) is 0 Å². The summed E-state index contributed by atoms with van der Waals surface area (Å²) in [4.78, 5) is 8.82. The molecule has 19 heavy (non-hydrogen) atoms. The van der Waals surface area contributed by atoms with Crippen LogP contribution in [0.5, 0.6) is 0 Å². The van der Waals surface area contributed by atoms with Crippen molar-refractivity contribution in [2.24, 2.45) is 0 Å². The van der Waals surface area contributed by atoms with Crippen LogP contribution in [0.1, 0.15) is 30.4 Å². The molecule has 4 nitrogen and oxygen atoms in total. The third-order valence-corrected chi connectivity index (χ3v) is 4.14. The number of nitrogens with one attached hydrogen (secondary N) is 1. The van der Waals surface area contributed by atoms with Crippen LogP contribution in [0.25, 0.3) is 0 Å². The maximum Gasteiger partial charge on any atom is 0.105 e.